The summed E-state index contributed by atoms with van der Waals surface area (Å²) < 4.78 is 32.1. The van der Waals surface area contributed by atoms with Crippen molar-refractivity contribution in [2.75, 3.05) is 7.11 Å². The Morgan fingerprint density at radius 3 is 1.33 bits per heavy atom. The van der Waals surface area contributed by atoms with Crippen molar-refractivity contribution in [3.8, 4) is 0 Å². The Bertz CT molecular complexity index is 1240. The molecule has 0 aromatic heterocycles. The number of benzene rings is 1. The molecular weight excluding hydrogens is 701 g/mol. The van der Waals surface area contributed by atoms with Crippen LogP contribution in [0.15, 0.2) is 42.5 Å². The molecule has 0 bridgehead atoms. The topological polar surface area (TPSA) is 80.3 Å². The second kappa shape index (κ2) is 20.4. The third-order valence-corrected chi connectivity index (χ3v) is 25.4. The highest BCUT2D eigenvalue weighted by molar-refractivity contribution is 6.75. The molecule has 0 heterocycles. The summed E-state index contributed by atoms with van der Waals surface area (Å²) in [6.45, 7) is 36.0. The van der Waals surface area contributed by atoms with E-state index in [0.717, 1.165) is 50.5 Å². The quantitative estimate of drug-likeness (QED) is 0.0698. The van der Waals surface area contributed by atoms with E-state index in [1.165, 1.54) is 20.1 Å². The minimum atomic E-state index is -2.11. The first-order valence-electron chi connectivity index (χ1n) is 19.6. The third kappa shape index (κ3) is 16.8. The van der Waals surface area contributed by atoms with Crippen LogP contribution in [0.2, 0.25) is 54.4 Å². The zero-order valence-electron chi connectivity index (χ0n) is 36.4. The molecule has 1 aromatic rings. The molecule has 0 N–H and O–H groups in total. The predicted octanol–water partition coefficient (Wildman–Crippen LogP) is 12.3. The van der Waals surface area contributed by atoms with Crippen molar-refractivity contribution in [1.82, 2.24) is 0 Å². The molecule has 4 atom stereocenters. The molecule has 1 rings (SSSR count). The lowest BCUT2D eigenvalue weighted by atomic mass is 9.98. The fourth-order valence-electron chi connectivity index (χ4n) is 5.34. The number of allylic oxidation sites excluding steroid dienone is 1. The summed E-state index contributed by atoms with van der Waals surface area (Å²) in [7, 11) is -4.84. The van der Waals surface area contributed by atoms with E-state index in [0.29, 0.717) is 6.42 Å². The summed E-state index contributed by atoms with van der Waals surface area (Å²) in [6.07, 6.45) is 9.80. The van der Waals surface area contributed by atoms with Crippen LogP contribution in [-0.4, -0.2) is 62.3 Å². The van der Waals surface area contributed by atoms with Crippen LogP contribution in [0, 0.1) is 0 Å². The zero-order chi connectivity index (χ0) is 40.2. The maximum atomic E-state index is 12.2. The van der Waals surface area contributed by atoms with Gasteiger partial charge in [-0.05, 0) is 111 Å². The Morgan fingerprint density at radius 1 is 0.615 bits per heavy atom. The van der Waals surface area contributed by atoms with Gasteiger partial charge in [-0.1, -0.05) is 98.7 Å². The number of ether oxygens (including phenoxy) is 2. The van der Waals surface area contributed by atoms with Crippen molar-refractivity contribution < 1.29 is 32.3 Å². The van der Waals surface area contributed by atoms with Crippen LogP contribution in [0.5, 0.6) is 0 Å². The van der Waals surface area contributed by atoms with Crippen LogP contribution in [0.3, 0.4) is 0 Å². The average Bonchev–Trinajstić information content (AvgIpc) is 3.00. The van der Waals surface area contributed by atoms with Crippen molar-refractivity contribution in [3.05, 3.63) is 48.0 Å². The van der Waals surface area contributed by atoms with Gasteiger partial charge in [0.05, 0.1) is 7.11 Å². The number of carbonyl (C=O) groups is 2. The van der Waals surface area contributed by atoms with Crippen LogP contribution in [-0.2, 0) is 32.3 Å². The molecule has 7 nitrogen and oxygen atoms in total. The summed E-state index contributed by atoms with van der Waals surface area (Å²) in [4.78, 5) is 23.9. The van der Waals surface area contributed by atoms with Gasteiger partial charge in [0.2, 0.25) is 0 Å². The number of carbonyl (C=O) groups excluding carboxylic acids is 2. The molecule has 0 radical (unpaired) electrons. The van der Waals surface area contributed by atoms with E-state index in [9.17, 15) is 9.59 Å². The minimum absolute atomic E-state index is 0.0101. The summed E-state index contributed by atoms with van der Waals surface area (Å²) in [5.41, 5.74) is 1.01. The van der Waals surface area contributed by atoms with Gasteiger partial charge in [-0.3, -0.25) is 4.79 Å². The number of methoxy groups -OCH3 is 1. The lowest BCUT2D eigenvalue weighted by Gasteiger charge is -2.42. The molecule has 4 unspecified atom stereocenters. The fraction of sp³-hybridized carbons (Fsp3) is 0.762. The summed E-state index contributed by atoms with van der Waals surface area (Å²) in [6, 6.07) is 10.1. The SMILES string of the molecule is COC(=O)/C=C/CCC(CCC(CCC(CCC(OC(C)=O)c1ccccc1)O[Si](C)(C)C(C)(C)C)O[Si](C)(C)C(C)(C)C)O[Si](C)(C)C(C)(C)C. The molecule has 10 heteroatoms. The Hall–Kier alpha value is -1.57. The van der Waals surface area contributed by atoms with Gasteiger partial charge in [-0.15, -0.1) is 0 Å². The maximum absolute atomic E-state index is 12.2. The highest BCUT2D eigenvalue weighted by Gasteiger charge is 2.42. The predicted molar refractivity (Wildman–Crippen MR) is 225 cm³/mol. The van der Waals surface area contributed by atoms with Crippen molar-refractivity contribution >= 4 is 36.9 Å². The van der Waals surface area contributed by atoms with Crippen LogP contribution < -0.4 is 0 Å². The second-order valence-corrected chi connectivity index (χ2v) is 33.5. The fourth-order valence-corrected chi connectivity index (χ4v) is 9.61. The highest BCUT2D eigenvalue weighted by Crippen LogP contribution is 2.42. The van der Waals surface area contributed by atoms with E-state index in [-0.39, 0.29) is 51.5 Å². The molecule has 0 amide bonds. The van der Waals surface area contributed by atoms with Gasteiger partial charge in [0.1, 0.15) is 6.10 Å². The molecule has 0 aliphatic rings. The first kappa shape index (κ1) is 48.5. The lowest BCUT2D eigenvalue weighted by Crippen LogP contribution is -2.46. The number of hydrogen-bond donors (Lipinski definition) is 0. The van der Waals surface area contributed by atoms with Gasteiger partial charge >= 0.3 is 11.9 Å². The van der Waals surface area contributed by atoms with E-state index >= 15 is 0 Å². The maximum Gasteiger partial charge on any atom is 0.330 e. The summed E-state index contributed by atoms with van der Waals surface area (Å²) >= 11 is 0. The third-order valence-electron chi connectivity index (χ3n) is 11.8. The average molecular weight is 779 g/mol. The minimum Gasteiger partial charge on any atom is -0.466 e. The highest BCUT2D eigenvalue weighted by atomic mass is 28.4. The Morgan fingerprint density at radius 2 is 0.981 bits per heavy atom. The zero-order valence-corrected chi connectivity index (χ0v) is 39.4. The standard InChI is InChI=1S/C42H78O7Si3/c1-33(43)46-38(34-23-19-18-20-24-34)32-31-37(49-52(16,17)42(8,9)10)30-29-36(48-51(14,15)41(5,6)7)28-27-35(25-21-22-26-39(44)45-11)47-50(12,13)40(2,3)4/h18-20,22-24,26,35-38H,21,25,27-32H2,1-17H3/b26-22+. The number of rotatable bonds is 21. The number of hydrogen-bond acceptors (Lipinski definition) is 7. The van der Waals surface area contributed by atoms with Crippen molar-refractivity contribution in [3.63, 3.8) is 0 Å². The Balaban J connectivity index is 3.41. The summed E-state index contributed by atoms with van der Waals surface area (Å²) in [5.74, 6) is -0.601. The molecule has 0 saturated heterocycles. The van der Waals surface area contributed by atoms with E-state index in [1.54, 1.807) is 0 Å². The Kier molecular flexibility index (Phi) is 19.0. The van der Waals surface area contributed by atoms with Gasteiger partial charge in [0.25, 0.3) is 0 Å². The van der Waals surface area contributed by atoms with Gasteiger partial charge < -0.3 is 22.8 Å². The van der Waals surface area contributed by atoms with Gasteiger partial charge in [-0.2, -0.15) is 0 Å². The van der Waals surface area contributed by atoms with Gasteiger partial charge in [-0.25, -0.2) is 4.79 Å². The Labute approximate surface area is 322 Å². The first-order valence-corrected chi connectivity index (χ1v) is 28.3. The molecule has 0 aliphatic heterocycles. The molecule has 0 saturated carbocycles. The molecule has 52 heavy (non-hydrogen) atoms. The summed E-state index contributed by atoms with van der Waals surface area (Å²) in [5, 5.41) is 0.223. The van der Waals surface area contributed by atoms with Crippen molar-refractivity contribution in [2.45, 2.75) is 199 Å². The van der Waals surface area contributed by atoms with E-state index in [4.69, 9.17) is 22.8 Å². The van der Waals surface area contributed by atoms with Crippen LogP contribution in [0.1, 0.15) is 132 Å². The number of esters is 2. The molecule has 0 aliphatic carbocycles. The van der Waals surface area contributed by atoms with Gasteiger partial charge in [0, 0.05) is 31.3 Å². The van der Waals surface area contributed by atoms with Gasteiger partial charge in [0.15, 0.2) is 25.0 Å². The van der Waals surface area contributed by atoms with Crippen LogP contribution in [0.25, 0.3) is 0 Å². The molecule has 300 valence electrons. The molecule has 1 aromatic carbocycles. The van der Waals surface area contributed by atoms with Crippen molar-refractivity contribution in [1.29, 1.82) is 0 Å². The lowest BCUT2D eigenvalue weighted by molar-refractivity contribution is -0.147. The van der Waals surface area contributed by atoms with Crippen LogP contribution >= 0.6 is 0 Å². The monoisotopic (exact) mass is 779 g/mol. The largest absolute Gasteiger partial charge is 0.466 e. The molecular formula is C42H78O7Si3. The normalized spacial score (nSPS) is 16.0. The second-order valence-electron chi connectivity index (χ2n) is 19.2. The van der Waals surface area contributed by atoms with Crippen molar-refractivity contribution in [2.24, 2.45) is 0 Å². The van der Waals surface area contributed by atoms with E-state index < -0.39 is 25.0 Å². The van der Waals surface area contributed by atoms with E-state index in [2.05, 4.69) is 102 Å². The first-order chi connectivity index (χ1) is 23.6. The molecule has 0 spiro atoms. The smallest absolute Gasteiger partial charge is 0.330 e. The van der Waals surface area contributed by atoms with Crippen LogP contribution in [0.4, 0.5) is 0 Å². The molecule has 0 fully saturated rings. The van der Waals surface area contributed by atoms with E-state index in [1.807, 2.05) is 36.4 Å².